The van der Waals surface area contributed by atoms with E-state index in [1.807, 2.05) is 0 Å². The number of aromatic nitrogens is 2. The number of carbonyl (C=O) groups is 1. The van der Waals surface area contributed by atoms with Crippen LogP contribution in [0.2, 0.25) is 0 Å². The van der Waals surface area contributed by atoms with Crippen LogP contribution in [0.25, 0.3) is 11.3 Å². The maximum Gasteiger partial charge on any atom is 0.335 e. The summed E-state index contributed by atoms with van der Waals surface area (Å²) in [4.78, 5) is 19.8. The van der Waals surface area contributed by atoms with Crippen molar-refractivity contribution in [2.24, 2.45) is 0 Å². The van der Waals surface area contributed by atoms with Gasteiger partial charge in [-0.1, -0.05) is 12.1 Å². The van der Waals surface area contributed by atoms with E-state index in [0.29, 0.717) is 24.4 Å². The lowest BCUT2D eigenvalue weighted by atomic mass is 10.1. The molecule has 1 atom stereocenters. The van der Waals surface area contributed by atoms with Crippen molar-refractivity contribution < 1.29 is 18.3 Å². The summed E-state index contributed by atoms with van der Waals surface area (Å²) in [5.74, 6) is -0.994. The standard InChI is InChI=1S/C17H20N4O4S/c1-20(2)26(24,25)21-9-3-4-16(21)15-11-18-10-14(19-15)12-5-7-13(8-6-12)17(22)23/h5-8,10-11,16H,3-4,9H2,1-2H3,(H,22,23). The van der Waals surface area contributed by atoms with Crippen LogP contribution in [-0.2, 0) is 10.2 Å². The third kappa shape index (κ3) is 3.46. The molecular weight excluding hydrogens is 356 g/mol. The fourth-order valence-electron chi connectivity index (χ4n) is 2.99. The summed E-state index contributed by atoms with van der Waals surface area (Å²) in [6.45, 7) is 0.449. The lowest BCUT2D eigenvalue weighted by Crippen LogP contribution is -2.39. The van der Waals surface area contributed by atoms with E-state index >= 15 is 0 Å². The summed E-state index contributed by atoms with van der Waals surface area (Å²) in [5, 5.41) is 8.99. The highest BCUT2D eigenvalue weighted by Gasteiger charge is 2.37. The second-order valence-corrected chi connectivity index (χ2v) is 8.37. The number of rotatable bonds is 5. The van der Waals surface area contributed by atoms with Crippen LogP contribution in [0.1, 0.15) is 34.9 Å². The molecule has 3 rings (SSSR count). The fraction of sp³-hybridized carbons (Fsp3) is 0.353. The van der Waals surface area contributed by atoms with E-state index < -0.39 is 16.2 Å². The van der Waals surface area contributed by atoms with E-state index in [2.05, 4.69) is 9.97 Å². The lowest BCUT2D eigenvalue weighted by Gasteiger charge is -2.26. The molecule has 0 spiro atoms. The normalized spacial score (nSPS) is 18.3. The highest BCUT2D eigenvalue weighted by Crippen LogP contribution is 2.34. The zero-order chi connectivity index (χ0) is 18.9. The number of carboxylic acids is 1. The first-order valence-corrected chi connectivity index (χ1v) is 9.55. The van der Waals surface area contributed by atoms with Crippen molar-refractivity contribution in [2.45, 2.75) is 18.9 Å². The number of nitrogens with zero attached hydrogens (tertiary/aromatic N) is 4. The molecule has 0 aliphatic carbocycles. The van der Waals surface area contributed by atoms with E-state index in [9.17, 15) is 13.2 Å². The SMILES string of the molecule is CN(C)S(=O)(=O)N1CCCC1c1cncc(-c2ccc(C(=O)O)cc2)n1. The average Bonchev–Trinajstić information content (AvgIpc) is 3.12. The summed E-state index contributed by atoms with van der Waals surface area (Å²) >= 11 is 0. The molecule has 1 N–H and O–H groups in total. The zero-order valence-corrected chi connectivity index (χ0v) is 15.3. The van der Waals surface area contributed by atoms with Gasteiger partial charge in [0.05, 0.1) is 35.4 Å². The smallest absolute Gasteiger partial charge is 0.335 e. The minimum Gasteiger partial charge on any atom is -0.478 e. The maximum atomic E-state index is 12.5. The van der Waals surface area contributed by atoms with Crippen molar-refractivity contribution >= 4 is 16.2 Å². The van der Waals surface area contributed by atoms with Gasteiger partial charge in [0.25, 0.3) is 10.2 Å². The molecule has 2 heterocycles. The molecule has 1 aromatic heterocycles. The average molecular weight is 376 g/mol. The molecule has 1 saturated heterocycles. The van der Waals surface area contributed by atoms with Crippen LogP contribution >= 0.6 is 0 Å². The van der Waals surface area contributed by atoms with Crippen molar-refractivity contribution in [1.29, 1.82) is 0 Å². The van der Waals surface area contributed by atoms with Crippen molar-refractivity contribution in [2.75, 3.05) is 20.6 Å². The first-order valence-electron chi connectivity index (χ1n) is 8.15. The van der Waals surface area contributed by atoms with E-state index in [0.717, 1.165) is 12.0 Å². The number of aromatic carboxylic acids is 1. The Morgan fingerprint density at radius 2 is 1.92 bits per heavy atom. The van der Waals surface area contributed by atoms with Gasteiger partial charge < -0.3 is 5.11 Å². The van der Waals surface area contributed by atoms with Gasteiger partial charge in [0, 0.05) is 26.2 Å². The van der Waals surface area contributed by atoms with Crippen LogP contribution in [0.15, 0.2) is 36.7 Å². The van der Waals surface area contributed by atoms with E-state index in [1.165, 1.54) is 34.8 Å². The molecular formula is C17H20N4O4S. The van der Waals surface area contributed by atoms with Gasteiger partial charge in [0.2, 0.25) is 0 Å². The zero-order valence-electron chi connectivity index (χ0n) is 14.5. The highest BCUT2D eigenvalue weighted by molar-refractivity contribution is 7.86. The fourth-order valence-corrected chi connectivity index (χ4v) is 4.30. The quantitative estimate of drug-likeness (QED) is 0.853. The molecule has 8 nitrogen and oxygen atoms in total. The van der Waals surface area contributed by atoms with E-state index in [4.69, 9.17) is 5.11 Å². The third-order valence-corrected chi connectivity index (χ3v) is 6.34. The Bertz CT molecular complexity index is 913. The second kappa shape index (κ2) is 7.10. The number of benzene rings is 1. The molecule has 1 unspecified atom stereocenters. The Labute approximate surface area is 152 Å². The minimum atomic E-state index is -3.53. The van der Waals surface area contributed by atoms with E-state index in [-0.39, 0.29) is 11.6 Å². The minimum absolute atomic E-state index is 0.192. The van der Waals surface area contributed by atoms with Crippen molar-refractivity contribution in [3.63, 3.8) is 0 Å². The Hall–Kier alpha value is -2.36. The number of carboxylic acid groups (broad SMARTS) is 1. The van der Waals surface area contributed by atoms with Crippen molar-refractivity contribution in [3.05, 3.63) is 47.9 Å². The maximum absolute atomic E-state index is 12.5. The molecule has 1 aliphatic heterocycles. The van der Waals surface area contributed by atoms with Crippen LogP contribution in [-0.4, -0.2) is 58.7 Å². The monoisotopic (exact) mass is 376 g/mol. The molecule has 1 aliphatic rings. The van der Waals surface area contributed by atoms with Crippen LogP contribution in [0, 0.1) is 0 Å². The number of hydrogen-bond acceptors (Lipinski definition) is 5. The van der Waals surface area contributed by atoms with Crippen LogP contribution < -0.4 is 0 Å². The van der Waals surface area contributed by atoms with Crippen LogP contribution in [0.3, 0.4) is 0 Å². The molecule has 26 heavy (non-hydrogen) atoms. The first-order chi connectivity index (χ1) is 12.3. The Kier molecular flexibility index (Phi) is 5.03. The van der Waals surface area contributed by atoms with Crippen molar-refractivity contribution in [1.82, 2.24) is 18.6 Å². The van der Waals surface area contributed by atoms with Gasteiger partial charge >= 0.3 is 5.97 Å². The van der Waals surface area contributed by atoms with Crippen molar-refractivity contribution in [3.8, 4) is 11.3 Å². The van der Waals surface area contributed by atoms with Crippen LogP contribution in [0.4, 0.5) is 0 Å². The third-order valence-electron chi connectivity index (χ3n) is 4.38. The van der Waals surface area contributed by atoms with Gasteiger partial charge in [-0.2, -0.15) is 17.0 Å². The molecule has 1 fully saturated rings. The highest BCUT2D eigenvalue weighted by atomic mass is 32.2. The van der Waals surface area contributed by atoms with E-state index in [1.54, 1.807) is 24.5 Å². The predicted molar refractivity (Wildman–Crippen MR) is 95.7 cm³/mol. The largest absolute Gasteiger partial charge is 0.478 e. The molecule has 138 valence electrons. The van der Waals surface area contributed by atoms with Gasteiger partial charge in [-0.3, -0.25) is 4.98 Å². The molecule has 2 aromatic rings. The van der Waals surface area contributed by atoms with Gasteiger partial charge in [0.1, 0.15) is 0 Å². The first kappa shape index (κ1) is 18.4. The number of hydrogen-bond donors (Lipinski definition) is 1. The summed E-state index contributed by atoms with van der Waals surface area (Å²) in [7, 11) is -0.511. The molecule has 9 heteroatoms. The molecule has 0 bridgehead atoms. The molecule has 0 amide bonds. The summed E-state index contributed by atoms with van der Waals surface area (Å²) in [5.41, 5.74) is 2.09. The summed E-state index contributed by atoms with van der Waals surface area (Å²) in [6.07, 6.45) is 4.61. The van der Waals surface area contributed by atoms with Gasteiger partial charge in [-0.15, -0.1) is 0 Å². The lowest BCUT2D eigenvalue weighted by molar-refractivity contribution is 0.0697. The molecule has 1 aromatic carbocycles. The molecule has 0 saturated carbocycles. The topological polar surface area (TPSA) is 104 Å². The summed E-state index contributed by atoms with van der Waals surface area (Å²) in [6, 6.07) is 5.99. The summed E-state index contributed by atoms with van der Waals surface area (Å²) < 4.78 is 27.7. The van der Waals surface area contributed by atoms with Gasteiger partial charge in [-0.25, -0.2) is 9.78 Å². The van der Waals surface area contributed by atoms with Gasteiger partial charge in [-0.05, 0) is 25.0 Å². The predicted octanol–water partition coefficient (Wildman–Crippen LogP) is 1.79. The van der Waals surface area contributed by atoms with Crippen LogP contribution in [0.5, 0.6) is 0 Å². The Morgan fingerprint density at radius 3 is 2.54 bits per heavy atom. The van der Waals surface area contributed by atoms with Gasteiger partial charge in [0.15, 0.2) is 0 Å². The molecule has 0 radical (unpaired) electrons. The Balaban J connectivity index is 1.93. The second-order valence-electron chi connectivity index (χ2n) is 6.27. The Morgan fingerprint density at radius 1 is 1.23 bits per heavy atom.